The van der Waals surface area contributed by atoms with Gasteiger partial charge in [-0.25, -0.2) is 0 Å². The Balaban J connectivity index is -0.00000128. The van der Waals surface area contributed by atoms with Crippen LogP contribution in [0.1, 0.15) is 0 Å². The average molecular weight is 316 g/mol. The second kappa shape index (κ2) is 6.07. The van der Waals surface area contributed by atoms with Gasteiger partial charge in [-0.05, 0) is 0 Å². The van der Waals surface area contributed by atoms with Crippen LogP contribution in [0, 0.1) is 0 Å². The summed E-state index contributed by atoms with van der Waals surface area (Å²) in [4.78, 5) is 0. The molecule has 0 aliphatic heterocycles. The first kappa shape index (κ1) is 24.5. The van der Waals surface area contributed by atoms with Crippen molar-refractivity contribution >= 4 is 47.8 Å². The van der Waals surface area contributed by atoms with E-state index >= 15 is 0 Å². The van der Waals surface area contributed by atoms with Gasteiger partial charge in [0.05, 0.1) is 0 Å². The van der Waals surface area contributed by atoms with Gasteiger partial charge in [0.2, 0.25) is 0 Å². The molecule has 3 nitrogen and oxygen atoms in total. The molecule has 0 aromatic rings. The molecule has 0 amide bonds. The molecule has 0 rings (SSSR count). The van der Waals surface area contributed by atoms with Crippen molar-refractivity contribution in [3.63, 3.8) is 0 Å². The third-order valence-corrected chi connectivity index (χ3v) is 2.34. The predicted molar refractivity (Wildman–Crippen MR) is 46.7 cm³/mol. The van der Waals surface area contributed by atoms with E-state index in [4.69, 9.17) is 4.55 Å². The fraction of sp³-hybridized carbons (Fsp3) is 1.00. The summed E-state index contributed by atoms with van der Waals surface area (Å²) in [5.74, 6) is -14.7. The van der Waals surface area contributed by atoms with Gasteiger partial charge in [0.1, 0.15) is 0 Å². The molecule has 0 unspecified atom stereocenters. The molecule has 1 N–H and O–H groups in total. The van der Waals surface area contributed by atoms with E-state index in [0.717, 1.165) is 0 Å². The van der Waals surface area contributed by atoms with E-state index in [-0.39, 0.29) is 37.7 Å². The molecule has 0 bridgehead atoms. The minimum absolute atomic E-state index is 0. The molecule has 0 aromatic heterocycles. The van der Waals surface area contributed by atoms with Crippen LogP contribution in [-0.4, -0.2) is 74.0 Å². The Morgan fingerprint density at radius 1 is 0.684 bits per heavy atom. The van der Waals surface area contributed by atoms with E-state index in [9.17, 15) is 47.9 Å². The molecule has 108 valence electrons. The summed E-state index contributed by atoms with van der Waals surface area (Å²) in [5.41, 5.74) is 0. The summed E-state index contributed by atoms with van der Waals surface area (Å²) in [6.07, 6.45) is -7.13. The zero-order chi connectivity index (χ0) is 14.5. The molecular weight excluding hydrogens is 313 g/mol. The summed E-state index contributed by atoms with van der Waals surface area (Å²) >= 11 is 0. The standard InChI is InChI=1S/C4HF9O3S.2Li.2H/c5-1(6,3(9,10)11)2(7,8)4(12,13)17(14,15)16;;;;/h(H,14,15,16);;;;. The second-order valence-corrected chi connectivity index (χ2v) is 4.10. The maximum absolute atomic E-state index is 12.2. The van der Waals surface area contributed by atoms with Crippen LogP contribution in [0.5, 0.6) is 0 Å². The Morgan fingerprint density at radius 3 is 1.11 bits per heavy atom. The fourth-order valence-corrected chi connectivity index (χ4v) is 0.975. The number of halogens is 9. The minimum atomic E-state index is -7.37. The fourth-order valence-electron chi connectivity index (χ4n) is 0.523. The van der Waals surface area contributed by atoms with Gasteiger partial charge in [0.25, 0.3) is 0 Å². The molecule has 15 heteroatoms. The first-order valence-electron chi connectivity index (χ1n) is 3.17. The average Bonchev–Trinajstić information content (AvgIpc) is 1.98. The predicted octanol–water partition coefficient (Wildman–Crippen LogP) is 1.00. The van der Waals surface area contributed by atoms with Crippen LogP contribution in [-0.2, 0) is 10.1 Å². The molecule has 19 heavy (non-hydrogen) atoms. The van der Waals surface area contributed by atoms with Gasteiger partial charge in [-0.3, -0.25) is 4.55 Å². The van der Waals surface area contributed by atoms with E-state index in [1.54, 1.807) is 0 Å². The van der Waals surface area contributed by atoms with Gasteiger partial charge < -0.3 is 0 Å². The Labute approximate surface area is 124 Å². The molecule has 0 radical (unpaired) electrons. The van der Waals surface area contributed by atoms with Crippen LogP contribution in [0.4, 0.5) is 39.5 Å². The van der Waals surface area contributed by atoms with Crippen molar-refractivity contribution in [2.45, 2.75) is 23.3 Å². The number of rotatable bonds is 3. The topological polar surface area (TPSA) is 54.4 Å². The monoisotopic (exact) mass is 316 g/mol. The van der Waals surface area contributed by atoms with Crippen LogP contribution in [0.3, 0.4) is 0 Å². The van der Waals surface area contributed by atoms with Crippen LogP contribution >= 0.6 is 0 Å². The van der Waals surface area contributed by atoms with E-state index in [1.807, 2.05) is 0 Å². The Kier molecular flexibility index (Phi) is 7.83. The van der Waals surface area contributed by atoms with Crippen LogP contribution in [0.25, 0.3) is 0 Å². The van der Waals surface area contributed by atoms with E-state index in [0.29, 0.717) is 0 Å². The number of alkyl halides is 9. The van der Waals surface area contributed by atoms with E-state index in [1.165, 1.54) is 0 Å². The van der Waals surface area contributed by atoms with E-state index in [2.05, 4.69) is 0 Å². The van der Waals surface area contributed by atoms with Crippen molar-refractivity contribution in [1.29, 1.82) is 0 Å². The van der Waals surface area contributed by atoms with E-state index < -0.39 is 33.4 Å². The first-order chi connectivity index (χ1) is 7.00. The third kappa shape index (κ3) is 3.77. The third-order valence-electron chi connectivity index (χ3n) is 1.44. The zero-order valence-corrected chi connectivity index (χ0v) is 7.89. The van der Waals surface area contributed by atoms with Crippen molar-refractivity contribution in [1.82, 2.24) is 0 Å². The van der Waals surface area contributed by atoms with Crippen molar-refractivity contribution in [2.24, 2.45) is 0 Å². The Bertz CT molecular complexity index is 402. The van der Waals surface area contributed by atoms with Crippen molar-refractivity contribution < 1.29 is 52.5 Å². The van der Waals surface area contributed by atoms with Crippen LogP contribution in [0.2, 0.25) is 0 Å². The maximum atomic E-state index is 12.2. The van der Waals surface area contributed by atoms with Crippen LogP contribution < -0.4 is 0 Å². The summed E-state index contributed by atoms with van der Waals surface area (Å²) in [7, 11) is -7.17. The first-order valence-corrected chi connectivity index (χ1v) is 4.61. The zero-order valence-electron chi connectivity index (χ0n) is 7.07. The van der Waals surface area contributed by atoms with Gasteiger partial charge >= 0.3 is 71.1 Å². The second-order valence-electron chi connectivity index (χ2n) is 2.64. The summed E-state index contributed by atoms with van der Waals surface area (Å²) in [6.45, 7) is 0. The normalized spacial score (nSPS) is 14.4. The summed E-state index contributed by atoms with van der Waals surface area (Å²) in [6, 6.07) is 0. The molecule has 0 saturated carbocycles. The Hall–Kier alpha value is 0.475. The molecule has 0 aliphatic rings. The molecule has 0 heterocycles. The van der Waals surface area contributed by atoms with Gasteiger partial charge in [0.15, 0.2) is 0 Å². The van der Waals surface area contributed by atoms with Crippen molar-refractivity contribution in [3.05, 3.63) is 0 Å². The number of hydrogen-bond acceptors (Lipinski definition) is 2. The van der Waals surface area contributed by atoms with Gasteiger partial charge in [0, 0.05) is 0 Å². The molecule has 0 aromatic carbocycles. The van der Waals surface area contributed by atoms with Gasteiger partial charge in [-0.2, -0.15) is 47.9 Å². The quantitative estimate of drug-likeness (QED) is 0.480. The summed E-state index contributed by atoms with van der Waals surface area (Å²) < 4.78 is 134. The SMILES string of the molecule is O=S(=O)(O)C(F)(F)C(F)(F)C(F)(F)C(F)(F)F.[LiH].[LiH]. The van der Waals surface area contributed by atoms with Crippen LogP contribution in [0.15, 0.2) is 0 Å². The molecule has 0 saturated heterocycles. The molecule has 0 spiro atoms. The summed E-state index contributed by atoms with van der Waals surface area (Å²) in [5, 5.41) is -7.00. The van der Waals surface area contributed by atoms with Gasteiger partial charge in [-0.1, -0.05) is 0 Å². The van der Waals surface area contributed by atoms with Crippen molar-refractivity contribution in [3.8, 4) is 0 Å². The molecule has 0 fully saturated rings. The van der Waals surface area contributed by atoms with Gasteiger partial charge in [-0.15, -0.1) is 0 Å². The molecule has 0 atom stereocenters. The van der Waals surface area contributed by atoms with Crippen molar-refractivity contribution in [2.75, 3.05) is 0 Å². The molecule has 0 aliphatic carbocycles. The Morgan fingerprint density at radius 2 is 0.947 bits per heavy atom. The number of hydrogen-bond donors (Lipinski definition) is 1. The molecular formula is C4H3F9Li2O3S.